The molecule has 2 unspecified atom stereocenters. The lowest BCUT2D eigenvalue weighted by molar-refractivity contribution is 0.559. The number of hydrogen-bond donors (Lipinski definition) is 1. The summed E-state index contributed by atoms with van der Waals surface area (Å²) < 4.78 is 1.27. The number of nitrogens with two attached hydrogens (primary N) is 1. The van der Waals surface area contributed by atoms with Gasteiger partial charge in [-0.3, -0.25) is 0 Å². The summed E-state index contributed by atoms with van der Waals surface area (Å²) in [5.74, 6) is 1.33. The van der Waals surface area contributed by atoms with Crippen LogP contribution in [0.15, 0.2) is 10.5 Å². The van der Waals surface area contributed by atoms with Crippen molar-refractivity contribution in [3.05, 3.63) is 20.3 Å². The van der Waals surface area contributed by atoms with E-state index in [1.54, 1.807) is 0 Å². The van der Waals surface area contributed by atoms with Crippen molar-refractivity contribution in [2.24, 2.45) is 17.1 Å². The van der Waals surface area contributed by atoms with Gasteiger partial charge in [0.15, 0.2) is 0 Å². The van der Waals surface area contributed by atoms with Gasteiger partial charge in [-0.25, -0.2) is 0 Å². The molecule has 1 fully saturated rings. The molecular formula is C11H16BrNS. The molecule has 2 atom stereocenters. The molecule has 1 saturated carbocycles. The zero-order valence-electron chi connectivity index (χ0n) is 8.80. The number of hydrogen-bond acceptors (Lipinski definition) is 2. The van der Waals surface area contributed by atoms with E-state index >= 15 is 0 Å². The van der Waals surface area contributed by atoms with Crippen LogP contribution in [0.1, 0.15) is 29.5 Å². The van der Waals surface area contributed by atoms with Gasteiger partial charge in [-0.15, -0.1) is 11.3 Å². The lowest BCUT2D eigenvalue weighted by Gasteiger charge is -2.00. The summed E-state index contributed by atoms with van der Waals surface area (Å²) in [5, 5.41) is 0. The Morgan fingerprint density at radius 1 is 1.57 bits per heavy atom. The third-order valence-corrected chi connectivity index (χ3v) is 5.48. The summed E-state index contributed by atoms with van der Waals surface area (Å²) >= 11 is 5.54. The van der Waals surface area contributed by atoms with Crippen LogP contribution >= 0.6 is 27.3 Å². The average Bonchev–Trinajstić information content (AvgIpc) is 2.46. The van der Waals surface area contributed by atoms with E-state index in [-0.39, 0.29) is 0 Å². The van der Waals surface area contributed by atoms with Gasteiger partial charge >= 0.3 is 0 Å². The van der Waals surface area contributed by atoms with Crippen molar-refractivity contribution in [3.63, 3.8) is 0 Å². The third kappa shape index (κ3) is 1.46. The first-order valence-electron chi connectivity index (χ1n) is 4.94. The molecule has 0 radical (unpaired) electrons. The molecule has 14 heavy (non-hydrogen) atoms. The van der Waals surface area contributed by atoms with Crippen LogP contribution in [-0.2, 0) is 0 Å². The normalized spacial score (nSPS) is 29.2. The monoisotopic (exact) mass is 273 g/mol. The van der Waals surface area contributed by atoms with Gasteiger partial charge in [0.05, 0.1) is 0 Å². The molecule has 1 aromatic heterocycles. The minimum Gasteiger partial charge on any atom is -0.330 e. The molecule has 2 N–H and O–H groups in total. The van der Waals surface area contributed by atoms with E-state index in [9.17, 15) is 0 Å². The smallest absolute Gasteiger partial charge is 0.0320 e. The van der Waals surface area contributed by atoms with Crippen LogP contribution in [0, 0.1) is 18.3 Å². The Balaban J connectivity index is 2.30. The van der Waals surface area contributed by atoms with Gasteiger partial charge in [0.25, 0.3) is 0 Å². The van der Waals surface area contributed by atoms with Gasteiger partial charge in [-0.1, -0.05) is 13.8 Å². The Kier molecular flexibility index (Phi) is 2.53. The van der Waals surface area contributed by atoms with Crippen molar-refractivity contribution in [2.45, 2.75) is 26.7 Å². The summed E-state index contributed by atoms with van der Waals surface area (Å²) in [6, 6.07) is 2.21. The Hall–Kier alpha value is 0.140. The lowest BCUT2D eigenvalue weighted by Crippen LogP contribution is -2.05. The fourth-order valence-electron chi connectivity index (χ4n) is 2.42. The summed E-state index contributed by atoms with van der Waals surface area (Å²) in [6.07, 6.45) is 0. The molecule has 2 rings (SSSR count). The highest BCUT2D eigenvalue weighted by Gasteiger charge is 2.58. The van der Waals surface area contributed by atoms with Gasteiger partial charge in [0.2, 0.25) is 0 Å². The second-order valence-electron chi connectivity index (χ2n) is 4.71. The molecule has 1 aromatic rings. The first-order valence-corrected chi connectivity index (χ1v) is 6.55. The lowest BCUT2D eigenvalue weighted by atomic mass is 10.1. The first-order chi connectivity index (χ1) is 6.48. The summed E-state index contributed by atoms with van der Waals surface area (Å²) in [4.78, 5) is 2.87. The van der Waals surface area contributed by atoms with Crippen molar-refractivity contribution in [2.75, 3.05) is 6.54 Å². The number of aryl methyl sites for hydroxylation is 1. The minimum atomic E-state index is 0.397. The maximum Gasteiger partial charge on any atom is 0.0320 e. The SMILES string of the molecule is Cc1cc(Br)c(C2C(CN)C2(C)C)s1. The molecule has 0 aromatic carbocycles. The van der Waals surface area contributed by atoms with Crippen LogP contribution in [0.25, 0.3) is 0 Å². The Labute approximate surface area is 97.8 Å². The summed E-state index contributed by atoms with van der Waals surface area (Å²) in [5.41, 5.74) is 6.18. The van der Waals surface area contributed by atoms with Crippen LogP contribution in [-0.4, -0.2) is 6.54 Å². The Bertz CT molecular complexity index is 356. The number of thiophene rings is 1. The van der Waals surface area contributed by atoms with Crippen molar-refractivity contribution < 1.29 is 0 Å². The predicted octanol–water partition coefficient (Wildman–Crippen LogP) is 3.52. The quantitative estimate of drug-likeness (QED) is 0.877. The van der Waals surface area contributed by atoms with E-state index < -0.39 is 0 Å². The van der Waals surface area contributed by atoms with Crippen LogP contribution in [0.3, 0.4) is 0 Å². The molecule has 1 aliphatic rings. The molecule has 0 spiro atoms. The van der Waals surface area contributed by atoms with E-state index in [0.29, 0.717) is 17.3 Å². The molecule has 0 saturated heterocycles. The maximum absolute atomic E-state index is 5.78. The zero-order chi connectivity index (χ0) is 10.5. The van der Waals surface area contributed by atoms with Crippen LogP contribution < -0.4 is 5.73 Å². The molecule has 0 amide bonds. The van der Waals surface area contributed by atoms with Crippen LogP contribution in [0.2, 0.25) is 0 Å². The van der Waals surface area contributed by atoms with E-state index in [1.165, 1.54) is 14.2 Å². The topological polar surface area (TPSA) is 26.0 Å². The van der Waals surface area contributed by atoms with E-state index in [0.717, 1.165) is 6.54 Å². The second-order valence-corrected chi connectivity index (χ2v) is 6.85. The third-order valence-electron chi connectivity index (χ3n) is 3.42. The number of halogens is 1. The van der Waals surface area contributed by atoms with Gasteiger partial charge in [0.1, 0.15) is 0 Å². The highest BCUT2D eigenvalue weighted by Crippen LogP contribution is 2.66. The minimum absolute atomic E-state index is 0.397. The second kappa shape index (κ2) is 3.32. The van der Waals surface area contributed by atoms with Crippen LogP contribution in [0.5, 0.6) is 0 Å². The summed E-state index contributed by atoms with van der Waals surface area (Å²) in [7, 11) is 0. The Morgan fingerprint density at radius 3 is 2.57 bits per heavy atom. The fraction of sp³-hybridized carbons (Fsp3) is 0.636. The highest BCUT2D eigenvalue weighted by molar-refractivity contribution is 9.10. The molecular weight excluding hydrogens is 258 g/mol. The summed E-state index contributed by atoms with van der Waals surface area (Å²) in [6.45, 7) is 7.60. The fourth-order valence-corrected chi connectivity index (χ4v) is 4.68. The largest absolute Gasteiger partial charge is 0.330 e. The number of rotatable bonds is 2. The van der Waals surface area contributed by atoms with Crippen molar-refractivity contribution in [1.29, 1.82) is 0 Å². The molecule has 1 heterocycles. The average molecular weight is 274 g/mol. The van der Waals surface area contributed by atoms with Gasteiger partial charge < -0.3 is 5.73 Å². The van der Waals surface area contributed by atoms with Crippen molar-refractivity contribution in [3.8, 4) is 0 Å². The van der Waals surface area contributed by atoms with E-state index in [2.05, 4.69) is 42.8 Å². The zero-order valence-corrected chi connectivity index (χ0v) is 11.2. The molecule has 78 valence electrons. The maximum atomic E-state index is 5.78. The van der Waals surface area contributed by atoms with Gasteiger partial charge in [-0.05, 0) is 46.8 Å². The molecule has 1 aliphatic carbocycles. The molecule has 1 nitrogen and oxygen atoms in total. The van der Waals surface area contributed by atoms with E-state index in [4.69, 9.17) is 5.73 Å². The Morgan fingerprint density at radius 2 is 2.21 bits per heavy atom. The highest BCUT2D eigenvalue weighted by atomic mass is 79.9. The van der Waals surface area contributed by atoms with Crippen molar-refractivity contribution >= 4 is 27.3 Å². The molecule has 0 aliphatic heterocycles. The van der Waals surface area contributed by atoms with E-state index in [1.807, 2.05) is 11.3 Å². The molecule has 0 bridgehead atoms. The van der Waals surface area contributed by atoms with Gasteiger partial charge in [0, 0.05) is 20.1 Å². The molecule has 3 heteroatoms. The first kappa shape index (κ1) is 10.7. The van der Waals surface area contributed by atoms with Gasteiger partial charge in [-0.2, -0.15) is 0 Å². The van der Waals surface area contributed by atoms with Crippen LogP contribution in [0.4, 0.5) is 0 Å². The predicted molar refractivity (Wildman–Crippen MR) is 65.8 cm³/mol. The van der Waals surface area contributed by atoms with Crippen molar-refractivity contribution in [1.82, 2.24) is 0 Å². The standard InChI is InChI=1S/C11H16BrNS/c1-6-4-8(12)10(14-6)9-7(5-13)11(9,2)3/h4,7,9H,5,13H2,1-3H3.